The van der Waals surface area contributed by atoms with E-state index in [-0.39, 0.29) is 18.7 Å². The van der Waals surface area contributed by atoms with Crippen LogP contribution in [0.25, 0.3) is 0 Å². The first kappa shape index (κ1) is 14.4. The van der Waals surface area contributed by atoms with Crippen LogP contribution in [0.1, 0.15) is 31.2 Å². The van der Waals surface area contributed by atoms with E-state index in [4.69, 9.17) is 9.84 Å². The highest BCUT2D eigenvalue weighted by Crippen LogP contribution is 2.31. The number of benzene rings is 1. The number of hydrogen-bond acceptors (Lipinski definition) is 3. The Bertz CT molecular complexity index is 513. The van der Waals surface area contributed by atoms with Crippen molar-refractivity contribution < 1.29 is 19.4 Å². The SMILES string of the molecule is COc1ccc2c(c1)CCCN2C(=O)CCCC(=O)O. The molecule has 1 aromatic carbocycles. The molecule has 0 fully saturated rings. The molecule has 5 heteroatoms. The maximum absolute atomic E-state index is 12.2. The first-order chi connectivity index (χ1) is 9.61. The smallest absolute Gasteiger partial charge is 0.303 e. The number of ether oxygens (including phenoxy) is 1. The summed E-state index contributed by atoms with van der Waals surface area (Å²) >= 11 is 0. The summed E-state index contributed by atoms with van der Waals surface area (Å²) in [5.74, 6) is -0.0668. The molecule has 1 amide bonds. The highest BCUT2D eigenvalue weighted by Gasteiger charge is 2.22. The number of carbonyl (C=O) groups excluding carboxylic acids is 1. The van der Waals surface area contributed by atoms with Crippen molar-refractivity contribution in [2.24, 2.45) is 0 Å². The fraction of sp³-hybridized carbons (Fsp3) is 0.467. The number of hydrogen-bond donors (Lipinski definition) is 1. The van der Waals surface area contributed by atoms with E-state index >= 15 is 0 Å². The average molecular weight is 277 g/mol. The van der Waals surface area contributed by atoms with E-state index in [0.717, 1.165) is 29.8 Å². The maximum atomic E-state index is 12.2. The number of amides is 1. The van der Waals surface area contributed by atoms with Crippen LogP contribution in [0.5, 0.6) is 5.75 Å². The molecule has 0 bridgehead atoms. The molecule has 0 radical (unpaired) electrons. The monoisotopic (exact) mass is 277 g/mol. The van der Waals surface area contributed by atoms with Crippen molar-refractivity contribution in [3.63, 3.8) is 0 Å². The topological polar surface area (TPSA) is 66.8 Å². The summed E-state index contributed by atoms with van der Waals surface area (Å²) in [6, 6.07) is 5.72. The van der Waals surface area contributed by atoms with Crippen LogP contribution in [-0.2, 0) is 16.0 Å². The zero-order valence-electron chi connectivity index (χ0n) is 11.6. The second kappa shape index (κ2) is 6.41. The molecule has 1 heterocycles. The van der Waals surface area contributed by atoms with E-state index in [2.05, 4.69) is 0 Å². The largest absolute Gasteiger partial charge is 0.497 e. The Kier molecular flexibility index (Phi) is 4.61. The normalized spacial score (nSPS) is 13.8. The fourth-order valence-corrected chi connectivity index (χ4v) is 2.49. The van der Waals surface area contributed by atoms with Gasteiger partial charge in [0.1, 0.15) is 5.75 Å². The number of carboxylic acids is 1. The Morgan fingerprint density at radius 2 is 2.15 bits per heavy atom. The van der Waals surface area contributed by atoms with Crippen molar-refractivity contribution in [3.8, 4) is 5.75 Å². The molecule has 0 saturated carbocycles. The quantitative estimate of drug-likeness (QED) is 0.896. The van der Waals surface area contributed by atoms with Gasteiger partial charge in [-0.25, -0.2) is 0 Å². The zero-order chi connectivity index (χ0) is 14.5. The maximum Gasteiger partial charge on any atom is 0.303 e. The lowest BCUT2D eigenvalue weighted by Gasteiger charge is -2.29. The Morgan fingerprint density at radius 3 is 2.85 bits per heavy atom. The predicted octanol–water partition coefficient (Wildman–Crippen LogP) is 2.23. The molecule has 0 saturated heterocycles. The van der Waals surface area contributed by atoms with E-state index in [0.29, 0.717) is 13.0 Å². The number of fused-ring (bicyclic) bond motifs is 1. The summed E-state index contributed by atoms with van der Waals surface area (Å²) in [7, 11) is 1.62. The number of rotatable bonds is 5. The summed E-state index contributed by atoms with van der Waals surface area (Å²) in [4.78, 5) is 24.4. The van der Waals surface area contributed by atoms with Gasteiger partial charge in [0.25, 0.3) is 0 Å². The highest BCUT2D eigenvalue weighted by molar-refractivity contribution is 5.94. The molecule has 0 spiro atoms. The minimum absolute atomic E-state index is 0.00244. The third kappa shape index (κ3) is 3.29. The molecule has 5 nitrogen and oxygen atoms in total. The molecule has 20 heavy (non-hydrogen) atoms. The molecule has 0 unspecified atom stereocenters. The molecule has 1 aromatic rings. The van der Waals surface area contributed by atoms with Crippen molar-refractivity contribution in [2.45, 2.75) is 32.1 Å². The van der Waals surface area contributed by atoms with Gasteiger partial charge in [0.15, 0.2) is 0 Å². The molecule has 108 valence electrons. The minimum Gasteiger partial charge on any atom is -0.497 e. The van der Waals surface area contributed by atoms with Gasteiger partial charge in [0, 0.05) is 25.1 Å². The van der Waals surface area contributed by atoms with Gasteiger partial charge in [0.05, 0.1) is 7.11 Å². The first-order valence-electron chi connectivity index (χ1n) is 6.81. The van der Waals surface area contributed by atoms with E-state index in [1.165, 1.54) is 0 Å². The molecule has 1 aliphatic rings. The highest BCUT2D eigenvalue weighted by atomic mass is 16.5. The van der Waals surface area contributed by atoms with Gasteiger partial charge in [-0.15, -0.1) is 0 Å². The van der Waals surface area contributed by atoms with Crippen LogP contribution in [-0.4, -0.2) is 30.6 Å². The molecule has 1 aliphatic heterocycles. The number of anilines is 1. The van der Waals surface area contributed by atoms with Crippen LogP contribution in [0.15, 0.2) is 18.2 Å². The Hall–Kier alpha value is -2.04. The van der Waals surface area contributed by atoms with Crippen molar-refractivity contribution in [3.05, 3.63) is 23.8 Å². The van der Waals surface area contributed by atoms with Crippen molar-refractivity contribution in [1.29, 1.82) is 0 Å². The summed E-state index contributed by atoms with van der Waals surface area (Å²) in [6.45, 7) is 0.700. The van der Waals surface area contributed by atoms with Crippen LogP contribution >= 0.6 is 0 Å². The number of aliphatic carboxylic acids is 1. The van der Waals surface area contributed by atoms with E-state index in [9.17, 15) is 9.59 Å². The van der Waals surface area contributed by atoms with E-state index < -0.39 is 5.97 Å². The standard InChI is InChI=1S/C15H19NO4/c1-20-12-7-8-13-11(10-12)4-3-9-16(13)14(17)5-2-6-15(18)19/h7-8,10H,2-6,9H2,1H3,(H,18,19). The number of methoxy groups -OCH3 is 1. The molecule has 0 atom stereocenters. The number of aryl methyl sites for hydroxylation is 1. The lowest BCUT2D eigenvalue weighted by molar-refractivity contribution is -0.137. The van der Waals surface area contributed by atoms with Crippen LogP contribution in [0.4, 0.5) is 5.69 Å². The minimum atomic E-state index is -0.860. The number of carboxylic acid groups (broad SMARTS) is 1. The summed E-state index contributed by atoms with van der Waals surface area (Å²) in [6.07, 6.45) is 2.55. The molecule has 1 N–H and O–H groups in total. The molecule has 2 rings (SSSR count). The van der Waals surface area contributed by atoms with E-state index in [1.807, 2.05) is 18.2 Å². The van der Waals surface area contributed by atoms with Gasteiger partial charge >= 0.3 is 5.97 Å². The lowest BCUT2D eigenvalue weighted by atomic mass is 10.0. The average Bonchev–Trinajstić information content (AvgIpc) is 2.45. The summed E-state index contributed by atoms with van der Waals surface area (Å²) in [5, 5.41) is 8.61. The van der Waals surface area contributed by atoms with Crippen molar-refractivity contribution >= 4 is 17.6 Å². The predicted molar refractivity (Wildman–Crippen MR) is 75.2 cm³/mol. The first-order valence-corrected chi connectivity index (χ1v) is 6.81. The van der Waals surface area contributed by atoms with Gasteiger partial charge in [0.2, 0.25) is 5.91 Å². The summed E-state index contributed by atoms with van der Waals surface area (Å²) < 4.78 is 5.20. The molecular weight excluding hydrogens is 258 g/mol. The lowest BCUT2D eigenvalue weighted by Crippen LogP contribution is -2.35. The van der Waals surface area contributed by atoms with Crippen LogP contribution in [0.3, 0.4) is 0 Å². The Balaban J connectivity index is 2.07. The molecular formula is C15H19NO4. The van der Waals surface area contributed by atoms with Crippen molar-refractivity contribution in [2.75, 3.05) is 18.6 Å². The zero-order valence-corrected chi connectivity index (χ0v) is 11.6. The van der Waals surface area contributed by atoms with Gasteiger partial charge in [-0.2, -0.15) is 0 Å². The van der Waals surface area contributed by atoms with E-state index in [1.54, 1.807) is 12.0 Å². The second-order valence-corrected chi connectivity index (χ2v) is 4.89. The fourth-order valence-electron chi connectivity index (χ4n) is 2.49. The Labute approximate surface area is 118 Å². The van der Waals surface area contributed by atoms with Gasteiger partial charge < -0.3 is 14.7 Å². The number of nitrogens with zero attached hydrogens (tertiary/aromatic N) is 1. The van der Waals surface area contributed by atoms with Gasteiger partial charge in [-0.1, -0.05) is 0 Å². The van der Waals surface area contributed by atoms with Crippen molar-refractivity contribution in [1.82, 2.24) is 0 Å². The second-order valence-electron chi connectivity index (χ2n) is 4.89. The van der Waals surface area contributed by atoms with Crippen LogP contribution in [0, 0.1) is 0 Å². The molecule has 0 aliphatic carbocycles. The summed E-state index contributed by atoms with van der Waals surface area (Å²) in [5.41, 5.74) is 2.04. The van der Waals surface area contributed by atoms with Gasteiger partial charge in [-0.3, -0.25) is 9.59 Å². The van der Waals surface area contributed by atoms with Crippen LogP contribution in [0.2, 0.25) is 0 Å². The third-order valence-corrected chi connectivity index (χ3v) is 3.49. The molecule has 0 aromatic heterocycles. The number of carbonyl (C=O) groups is 2. The Morgan fingerprint density at radius 1 is 1.35 bits per heavy atom. The third-order valence-electron chi connectivity index (χ3n) is 3.49. The van der Waals surface area contributed by atoms with Gasteiger partial charge in [-0.05, 0) is 43.0 Å². The van der Waals surface area contributed by atoms with Crippen LogP contribution < -0.4 is 9.64 Å².